The smallest absolute Gasteiger partial charge is 0.256 e. The number of carbonyl (C=O) groups excluding carboxylic acids is 1. The zero-order valence-corrected chi connectivity index (χ0v) is 10.8. The Morgan fingerprint density at radius 1 is 1.59 bits per heavy atom. The monoisotopic (exact) mass is 253 g/mol. The third-order valence-corrected chi connectivity index (χ3v) is 3.30. The van der Waals surface area contributed by atoms with E-state index in [1.165, 1.54) is 12.3 Å². The molecule has 1 aromatic heterocycles. The first kappa shape index (κ1) is 12.2. The van der Waals surface area contributed by atoms with E-state index >= 15 is 0 Å². The molecule has 1 aromatic rings. The predicted octanol–water partition coefficient (Wildman–Crippen LogP) is 2.19. The van der Waals surface area contributed by atoms with Crippen LogP contribution in [0.5, 0.6) is 0 Å². The lowest BCUT2D eigenvalue weighted by Gasteiger charge is -2.20. The minimum atomic E-state index is -0.0580. The van der Waals surface area contributed by atoms with E-state index in [0.717, 1.165) is 19.5 Å². The van der Waals surface area contributed by atoms with Gasteiger partial charge in [0.05, 0.1) is 17.4 Å². The van der Waals surface area contributed by atoms with E-state index in [9.17, 15) is 4.79 Å². The molecule has 0 bridgehead atoms. The molecule has 0 aromatic carbocycles. The fraction of sp³-hybridized carbons (Fsp3) is 0.500. The van der Waals surface area contributed by atoms with Crippen LogP contribution in [0.4, 0.5) is 5.69 Å². The van der Waals surface area contributed by atoms with Gasteiger partial charge in [-0.3, -0.25) is 4.79 Å². The lowest BCUT2D eigenvalue weighted by Crippen LogP contribution is -2.30. The van der Waals surface area contributed by atoms with Crippen LogP contribution >= 0.6 is 11.6 Å². The molecule has 2 N–H and O–H groups in total. The molecule has 1 saturated heterocycles. The van der Waals surface area contributed by atoms with Crippen molar-refractivity contribution < 1.29 is 4.79 Å². The molecule has 0 spiro atoms. The Hall–Kier alpha value is -1.29. The van der Waals surface area contributed by atoms with E-state index < -0.39 is 0 Å². The standard InChI is InChI=1S/C12H16ClN3O/c1-12(2)3-4-16(7-12)11(17)8-5-10(13)15-6-9(8)14/h5-6H,3-4,7,14H2,1-2H3. The number of carbonyl (C=O) groups is 1. The van der Waals surface area contributed by atoms with E-state index in [1.54, 1.807) is 0 Å². The first-order valence-electron chi connectivity index (χ1n) is 5.59. The molecule has 0 unspecified atom stereocenters. The number of pyridine rings is 1. The van der Waals surface area contributed by atoms with E-state index in [4.69, 9.17) is 17.3 Å². The molecule has 0 aliphatic carbocycles. The van der Waals surface area contributed by atoms with Crippen molar-refractivity contribution in [3.63, 3.8) is 0 Å². The molecule has 92 valence electrons. The lowest BCUT2D eigenvalue weighted by atomic mass is 9.93. The summed E-state index contributed by atoms with van der Waals surface area (Å²) < 4.78 is 0. The molecule has 5 heteroatoms. The van der Waals surface area contributed by atoms with Crippen LogP contribution in [-0.4, -0.2) is 28.9 Å². The molecule has 17 heavy (non-hydrogen) atoms. The zero-order chi connectivity index (χ0) is 12.6. The number of hydrogen-bond acceptors (Lipinski definition) is 3. The van der Waals surface area contributed by atoms with Crippen molar-refractivity contribution in [2.24, 2.45) is 5.41 Å². The number of nitrogen functional groups attached to an aromatic ring is 1. The highest BCUT2D eigenvalue weighted by molar-refractivity contribution is 6.29. The van der Waals surface area contributed by atoms with Gasteiger partial charge in [-0.05, 0) is 17.9 Å². The second-order valence-corrected chi connectivity index (χ2v) is 5.62. The van der Waals surface area contributed by atoms with Gasteiger partial charge in [-0.25, -0.2) is 4.98 Å². The Morgan fingerprint density at radius 3 is 2.88 bits per heavy atom. The first-order valence-corrected chi connectivity index (χ1v) is 5.97. The molecule has 0 saturated carbocycles. The zero-order valence-electron chi connectivity index (χ0n) is 10.0. The van der Waals surface area contributed by atoms with Crippen LogP contribution in [-0.2, 0) is 0 Å². The van der Waals surface area contributed by atoms with Crippen molar-refractivity contribution in [3.8, 4) is 0 Å². The lowest BCUT2D eigenvalue weighted by molar-refractivity contribution is 0.0779. The van der Waals surface area contributed by atoms with Crippen molar-refractivity contribution >= 4 is 23.2 Å². The van der Waals surface area contributed by atoms with Crippen LogP contribution in [0.25, 0.3) is 0 Å². The van der Waals surface area contributed by atoms with Gasteiger partial charge in [0.1, 0.15) is 5.15 Å². The number of nitrogens with two attached hydrogens (primary N) is 1. The minimum Gasteiger partial charge on any atom is -0.397 e. The number of nitrogens with zero attached hydrogens (tertiary/aromatic N) is 2. The SMILES string of the molecule is CC1(C)CCN(C(=O)c2cc(Cl)ncc2N)C1. The Labute approximate surface area is 106 Å². The van der Waals surface area contributed by atoms with E-state index in [1.807, 2.05) is 4.90 Å². The molecule has 2 rings (SSSR count). The van der Waals surface area contributed by atoms with Crippen LogP contribution in [0.1, 0.15) is 30.6 Å². The second-order valence-electron chi connectivity index (χ2n) is 5.24. The Morgan fingerprint density at radius 2 is 2.29 bits per heavy atom. The summed E-state index contributed by atoms with van der Waals surface area (Å²) in [6, 6.07) is 1.53. The van der Waals surface area contributed by atoms with E-state index in [0.29, 0.717) is 16.4 Å². The molecular weight excluding hydrogens is 238 g/mol. The quantitative estimate of drug-likeness (QED) is 0.781. The first-order chi connectivity index (χ1) is 7.89. The van der Waals surface area contributed by atoms with Crippen LogP contribution in [0.2, 0.25) is 5.15 Å². The Kier molecular flexibility index (Phi) is 3.00. The number of anilines is 1. The third kappa shape index (κ3) is 2.52. The molecule has 4 nitrogen and oxygen atoms in total. The fourth-order valence-electron chi connectivity index (χ4n) is 2.08. The van der Waals surface area contributed by atoms with Gasteiger partial charge in [0.2, 0.25) is 0 Å². The van der Waals surface area contributed by atoms with Gasteiger partial charge in [-0.2, -0.15) is 0 Å². The Balaban J connectivity index is 2.23. The molecule has 2 heterocycles. The van der Waals surface area contributed by atoms with Crippen molar-refractivity contribution in [1.82, 2.24) is 9.88 Å². The van der Waals surface area contributed by atoms with Crippen molar-refractivity contribution in [2.75, 3.05) is 18.8 Å². The highest BCUT2D eigenvalue weighted by atomic mass is 35.5. The van der Waals surface area contributed by atoms with Crippen molar-refractivity contribution in [1.29, 1.82) is 0 Å². The van der Waals surface area contributed by atoms with Crippen LogP contribution in [0, 0.1) is 5.41 Å². The van der Waals surface area contributed by atoms with Crippen LogP contribution in [0.15, 0.2) is 12.3 Å². The molecule has 0 radical (unpaired) electrons. The van der Waals surface area contributed by atoms with Crippen molar-refractivity contribution in [3.05, 3.63) is 23.0 Å². The number of rotatable bonds is 1. The summed E-state index contributed by atoms with van der Waals surface area (Å²) in [7, 11) is 0. The molecule has 1 amide bonds. The summed E-state index contributed by atoms with van der Waals surface area (Å²) in [5.41, 5.74) is 6.76. The highest BCUT2D eigenvalue weighted by Crippen LogP contribution is 2.30. The van der Waals surface area contributed by atoms with Gasteiger partial charge in [0.15, 0.2) is 0 Å². The van der Waals surface area contributed by atoms with Gasteiger partial charge in [-0.1, -0.05) is 25.4 Å². The maximum Gasteiger partial charge on any atom is 0.256 e. The van der Waals surface area contributed by atoms with Gasteiger partial charge in [-0.15, -0.1) is 0 Å². The second kappa shape index (κ2) is 4.18. The van der Waals surface area contributed by atoms with Gasteiger partial charge in [0, 0.05) is 13.1 Å². The van der Waals surface area contributed by atoms with Crippen LogP contribution in [0.3, 0.4) is 0 Å². The van der Waals surface area contributed by atoms with Crippen molar-refractivity contribution in [2.45, 2.75) is 20.3 Å². The average Bonchev–Trinajstić information content (AvgIpc) is 2.61. The third-order valence-electron chi connectivity index (χ3n) is 3.10. The fourth-order valence-corrected chi connectivity index (χ4v) is 2.24. The Bertz CT molecular complexity index is 459. The largest absolute Gasteiger partial charge is 0.397 e. The number of aromatic nitrogens is 1. The topological polar surface area (TPSA) is 59.2 Å². The number of amides is 1. The van der Waals surface area contributed by atoms with Gasteiger partial charge >= 0.3 is 0 Å². The molecular formula is C12H16ClN3O. The predicted molar refractivity (Wildman–Crippen MR) is 68.0 cm³/mol. The summed E-state index contributed by atoms with van der Waals surface area (Å²) in [6.07, 6.45) is 2.44. The number of likely N-dealkylation sites (tertiary alicyclic amines) is 1. The molecule has 1 aliphatic rings. The summed E-state index contributed by atoms with van der Waals surface area (Å²) in [6.45, 7) is 5.84. The number of hydrogen-bond donors (Lipinski definition) is 1. The highest BCUT2D eigenvalue weighted by Gasteiger charge is 2.33. The maximum absolute atomic E-state index is 12.3. The van der Waals surface area contributed by atoms with E-state index in [2.05, 4.69) is 18.8 Å². The molecule has 0 atom stereocenters. The minimum absolute atomic E-state index is 0.0580. The summed E-state index contributed by atoms with van der Waals surface area (Å²) in [5, 5.41) is 0.293. The molecule has 1 aliphatic heterocycles. The molecule has 1 fully saturated rings. The number of halogens is 1. The maximum atomic E-state index is 12.3. The summed E-state index contributed by atoms with van der Waals surface area (Å²) >= 11 is 5.79. The summed E-state index contributed by atoms with van der Waals surface area (Å²) in [5.74, 6) is -0.0580. The normalized spacial score (nSPS) is 18.4. The summed E-state index contributed by atoms with van der Waals surface area (Å²) in [4.78, 5) is 17.9. The van der Waals surface area contributed by atoms with Gasteiger partial charge in [0.25, 0.3) is 5.91 Å². The van der Waals surface area contributed by atoms with Gasteiger partial charge < -0.3 is 10.6 Å². The average molecular weight is 254 g/mol. The van der Waals surface area contributed by atoms with E-state index in [-0.39, 0.29) is 11.3 Å². The van der Waals surface area contributed by atoms with Crippen LogP contribution < -0.4 is 5.73 Å².